The molecule has 346 valence electrons. The highest BCUT2D eigenvalue weighted by Crippen LogP contribution is 2.45. The third-order valence-corrected chi connectivity index (χ3v) is 20.7. The van der Waals surface area contributed by atoms with Gasteiger partial charge in [0.25, 0.3) is 0 Å². The summed E-state index contributed by atoms with van der Waals surface area (Å²) in [5.74, 6) is 3.92. The van der Waals surface area contributed by atoms with E-state index in [1.165, 1.54) is 0 Å². The van der Waals surface area contributed by atoms with Crippen LogP contribution in [0.3, 0.4) is 0 Å². The number of aromatic nitrogens is 3. The molecule has 4 aliphatic heterocycles. The summed E-state index contributed by atoms with van der Waals surface area (Å²) in [6, 6.07) is 7.23. The number of benzene rings is 2. The van der Waals surface area contributed by atoms with E-state index in [9.17, 15) is 4.79 Å². The molecule has 0 unspecified atom stereocenters. The van der Waals surface area contributed by atoms with Crippen LogP contribution < -0.4 is 14.4 Å². The van der Waals surface area contributed by atoms with Crippen molar-refractivity contribution in [2.45, 2.75) is 128 Å². The number of hydrogen-bond donors (Lipinski definition) is 0. The molecule has 0 aliphatic carbocycles. The Morgan fingerprint density at radius 2 is 1.63 bits per heavy atom. The maximum absolute atomic E-state index is 18.0. The Labute approximate surface area is 389 Å². The quantitative estimate of drug-likeness (QED) is 0.0625. The number of halogens is 2. The number of ether oxygens (including phenoxy) is 4. The number of hydrogen-bond acceptors (Lipinski definition) is 10. The van der Waals surface area contributed by atoms with Crippen LogP contribution in [0, 0.1) is 17.3 Å². The zero-order chi connectivity index (χ0) is 46.7. The van der Waals surface area contributed by atoms with Gasteiger partial charge in [-0.05, 0) is 86.7 Å². The Hall–Kier alpha value is -4.74. The first-order valence-corrected chi connectivity index (χ1v) is 25.6. The summed E-state index contributed by atoms with van der Waals surface area (Å²) in [5, 5.41) is 2.33. The molecule has 2 aromatic heterocycles. The number of carbonyl (C=O) groups excluding carboxylic acids is 1. The van der Waals surface area contributed by atoms with Gasteiger partial charge in [-0.3, -0.25) is 14.8 Å². The van der Waals surface area contributed by atoms with E-state index < -0.39 is 19.5 Å². The number of amides is 1. The van der Waals surface area contributed by atoms with Gasteiger partial charge in [0.2, 0.25) is 0 Å². The molecule has 0 N–H and O–H groups in total. The lowest BCUT2D eigenvalue weighted by Crippen LogP contribution is -2.57. The van der Waals surface area contributed by atoms with E-state index >= 15 is 4.39 Å². The first kappa shape index (κ1) is 46.8. The molecule has 2 aromatic carbocycles. The molecule has 0 radical (unpaired) electrons. The summed E-state index contributed by atoms with van der Waals surface area (Å²) in [4.78, 5) is 34.6. The average molecular weight is 924 g/mol. The number of piperazine rings is 1. The molecule has 6 heterocycles. The molecule has 14 heteroatoms. The summed E-state index contributed by atoms with van der Waals surface area (Å²) in [6.45, 7) is 30.6. The molecular formula is C51H64ClFN6O5Si. The van der Waals surface area contributed by atoms with Crippen molar-refractivity contribution in [3.8, 4) is 34.5 Å². The normalized spacial score (nSPS) is 19.8. The van der Waals surface area contributed by atoms with Crippen LogP contribution in [0.1, 0.15) is 93.6 Å². The highest BCUT2D eigenvalue weighted by atomic mass is 35.5. The van der Waals surface area contributed by atoms with E-state index in [2.05, 4.69) is 76.0 Å². The van der Waals surface area contributed by atoms with Crippen LogP contribution in [0.25, 0.3) is 32.9 Å². The van der Waals surface area contributed by atoms with Gasteiger partial charge in [0.05, 0.1) is 33.6 Å². The molecule has 0 spiro atoms. The van der Waals surface area contributed by atoms with E-state index in [1.54, 1.807) is 19.4 Å². The molecule has 8 rings (SSSR count). The molecular weight excluding hydrogens is 859 g/mol. The van der Waals surface area contributed by atoms with Crippen molar-refractivity contribution in [1.29, 1.82) is 0 Å². The monoisotopic (exact) mass is 922 g/mol. The van der Waals surface area contributed by atoms with Crippen molar-refractivity contribution < 1.29 is 28.1 Å². The Balaban J connectivity index is 1.29. The van der Waals surface area contributed by atoms with Crippen LogP contribution in [0.5, 0.6) is 11.8 Å². The fraction of sp³-hybridized carbons (Fsp3) is 0.529. The maximum Gasteiger partial charge on any atom is 0.410 e. The number of nitrogens with zero attached hydrogens (tertiary/aromatic N) is 6. The fourth-order valence-electron chi connectivity index (χ4n) is 11.4. The minimum absolute atomic E-state index is 0.00973. The van der Waals surface area contributed by atoms with E-state index in [4.69, 9.17) is 45.5 Å². The van der Waals surface area contributed by atoms with Gasteiger partial charge in [-0.1, -0.05) is 89.4 Å². The second kappa shape index (κ2) is 17.8. The molecule has 2 bridgehead atoms. The van der Waals surface area contributed by atoms with E-state index in [1.807, 2.05) is 43.9 Å². The first-order valence-electron chi connectivity index (χ1n) is 23.0. The largest absolute Gasteiger partial charge is 0.468 e. The molecule has 4 aromatic rings. The summed E-state index contributed by atoms with van der Waals surface area (Å²) in [7, 11) is -0.658. The molecule has 4 aliphatic rings. The standard InChI is InChI=1S/C51H64ClFN6O5Si/c1-30(2)65(31(3)4,32(5)6)18-17-39-42(52)16-13-35-19-38(63-29-61-12)20-40(43(35)39)45-44(53)46-41(23-54-45)47(57-26-36-14-15-37(27-57)59(36)49(60)64-50(9,10)11)56-48(55-46)62-28-51-21-33(7)24-58(51)25-34(8)22-51/h13,16,19-20,23,30-32,36-37H,7-8,14-15,21-22,24-29H2,1-6,9-12H3/t36-,37+. The van der Waals surface area contributed by atoms with Gasteiger partial charge >= 0.3 is 12.1 Å². The number of carbonyl (C=O) groups is 1. The number of methoxy groups -OCH3 is 1. The Morgan fingerprint density at radius 1 is 0.985 bits per heavy atom. The summed E-state index contributed by atoms with van der Waals surface area (Å²) in [6.07, 6.45) is 4.48. The molecule has 65 heavy (non-hydrogen) atoms. The van der Waals surface area contributed by atoms with E-state index in [0.29, 0.717) is 68.2 Å². The Morgan fingerprint density at radius 3 is 2.23 bits per heavy atom. The van der Waals surface area contributed by atoms with Gasteiger partial charge in [-0.2, -0.15) is 9.97 Å². The summed E-state index contributed by atoms with van der Waals surface area (Å²) < 4.78 is 41.8. The summed E-state index contributed by atoms with van der Waals surface area (Å²) >= 11 is 7.11. The Kier molecular flexibility index (Phi) is 12.8. The molecule has 4 saturated heterocycles. The van der Waals surface area contributed by atoms with Gasteiger partial charge < -0.3 is 23.8 Å². The lowest BCUT2D eigenvalue weighted by molar-refractivity contribution is 0.0122. The number of fused-ring (bicyclic) bond motifs is 5. The van der Waals surface area contributed by atoms with Crippen molar-refractivity contribution in [3.05, 3.63) is 71.2 Å². The first-order chi connectivity index (χ1) is 30.7. The van der Waals surface area contributed by atoms with Crippen LogP contribution in [-0.4, -0.2) is 109 Å². The molecule has 1 amide bonds. The lowest BCUT2D eigenvalue weighted by atomic mass is 9.92. The highest BCUT2D eigenvalue weighted by Gasteiger charge is 2.49. The van der Waals surface area contributed by atoms with Crippen molar-refractivity contribution in [2.75, 3.05) is 51.6 Å². The van der Waals surface area contributed by atoms with Crippen molar-refractivity contribution >= 4 is 53.3 Å². The number of rotatable bonds is 11. The minimum atomic E-state index is -2.21. The molecule has 2 atom stereocenters. The number of anilines is 1. The second-order valence-corrected chi connectivity index (χ2v) is 26.6. The predicted octanol–water partition coefficient (Wildman–Crippen LogP) is 11.1. The zero-order valence-electron chi connectivity index (χ0n) is 39.7. The van der Waals surface area contributed by atoms with Gasteiger partial charge in [0.15, 0.2) is 12.6 Å². The second-order valence-electron chi connectivity index (χ2n) is 20.6. The van der Waals surface area contributed by atoms with Crippen LogP contribution in [0.2, 0.25) is 21.6 Å². The van der Waals surface area contributed by atoms with Crippen LogP contribution >= 0.6 is 11.6 Å². The molecule has 11 nitrogen and oxygen atoms in total. The average Bonchev–Trinajstić information content (AvgIpc) is 3.80. The summed E-state index contributed by atoms with van der Waals surface area (Å²) in [5.41, 5.74) is 7.53. The van der Waals surface area contributed by atoms with E-state index in [-0.39, 0.29) is 54.3 Å². The fourth-order valence-corrected chi connectivity index (χ4v) is 16.8. The third kappa shape index (κ3) is 8.72. The van der Waals surface area contributed by atoms with Crippen LogP contribution in [0.15, 0.2) is 54.8 Å². The predicted molar refractivity (Wildman–Crippen MR) is 260 cm³/mol. The minimum Gasteiger partial charge on any atom is -0.468 e. The van der Waals surface area contributed by atoms with E-state index in [0.717, 1.165) is 55.3 Å². The highest BCUT2D eigenvalue weighted by molar-refractivity contribution is 6.90. The van der Waals surface area contributed by atoms with Crippen molar-refractivity contribution in [2.24, 2.45) is 0 Å². The third-order valence-electron chi connectivity index (χ3n) is 14.1. The Bertz CT molecular complexity index is 2560. The maximum atomic E-state index is 18.0. The topological polar surface area (TPSA) is 102 Å². The van der Waals surface area contributed by atoms with Crippen LogP contribution in [-0.2, 0) is 9.47 Å². The SMILES string of the molecule is C=C1CN2CC(=C)CC2(COc2nc(N3C[C@H]4CC[C@@H](C3)N4C(=O)OC(C)(C)C)c3cnc(-c4cc(OCOC)cc5ccc(Cl)c(C#C[Si](C(C)C)(C(C)C)C(C)C)c45)c(F)c3n2)C1. The lowest BCUT2D eigenvalue weighted by Gasteiger charge is -2.42. The van der Waals surface area contributed by atoms with Crippen molar-refractivity contribution in [1.82, 2.24) is 24.8 Å². The van der Waals surface area contributed by atoms with Crippen LogP contribution in [0.4, 0.5) is 15.0 Å². The zero-order valence-corrected chi connectivity index (χ0v) is 41.5. The van der Waals surface area contributed by atoms with Gasteiger partial charge in [-0.25, -0.2) is 9.18 Å². The van der Waals surface area contributed by atoms with Gasteiger partial charge in [0, 0.05) is 50.4 Å². The van der Waals surface area contributed by atoms with Gasteiger partial charge in [-0.15, -0.1) is 5.54 Å². The van der Waals surface area contributed by atoms with Crippen molar-refractivity contribution in [3.63, 3.8) is 0 Å². The van der Waals surface area contributed by atoms with Gasteiger partial charge in [0.1, 0.15) is 43.1 Å². The molecule has 0 saturated carbocycles. The smallest absolute Gasteiger partial charge is 0.410 e. The molecule has 4 fully saturated rings. The number of pyridine rings is 1.